The molecule has 1 aliphatic rings. The highest BCUT2D eigenvalue weighted by Gasteiger charge is 2.26. The normalized spacial score (nSPS) is 14.1. The first-order valence-corrected chi connectivity index (χ1v) is 11.3. The molecule has 0 radical (unpaired) electrons. The number of fused-ring (bicyclic) bond motifs is 1. The molecule has 0 spiro atoms. The van der Waals surface area contributed by atoms with Crippen molar-refractivity contribution >= 4 is 56.4 Å². The van der Waals surface area contributed by atoms with Gasteiger partial charge in [-0.05, 0) is 42.7 Å². The highest BCUT2D eigenvalue weighted by atomic mass is 35.5. The largest absolute Gasteiger partial charge is 0.482 e. The molecule has 2 aromatic rings. The lowest BCUT2D eigenvalue weighted by Crippen LogP contribution is -2.38. The van der Waals surface area contributed by atoms with Crippen LogP contribution in [0.3, 0.4) is 0 Å². The summed E-state index contributed by atoms with van der Waals surface area (Å²) in [7, 11) is -0.575. The molecule has 0 N–H and O–H groups in total. The average Bonchev–Trinajstić information content (AvgIpc) is 2.68. The predicted molar refractivity (Wildman–Crippen MR) is 115 cm³/mol. The number of carbonyl (C=O) groups excluding carboxylic acids is 1. The Bertz CT molecular complexity index is 1060. The van der Waals surface area contributed by atoms with Crippen LogP contribution in [-0.4, -0.2) is 45.9 Å². The molecule has 3 rings (SSSR count). The van der Waals surface area contributed by atoms with Crippen molar-refractivity contribution in [3.63, 3.8) is 0 Å². The van der Waals surface area contributed by atoms with E-state index in [1.54, 1.807) is 17.0 Å². The van der Waals surface area contributed by atoms with Crippen LogP contribution in [0.15, 0.2) is 35.2 Å². The van der Waals surface area contributed by atoms with Gasteiger partial charge >= 0.3 is 0 Å². The summed E-state index contributed by atoms with van der Waals surface area (Å²) in [6.07, 6.45) is 1.41. The molecule has 1 aliphatic heterocycles. The van der Waals surface area contributed by atoms with Crippen molar-refractivity contribution in [2.75, 3.05) is 32.1 Å². The minimum absolute atomic E-state index is 0.203. The number of benzene rings is 2. The van der Waals surface area contributed by atoms with E-state index >= 15 is 0 Å². The summed E-state index contributed by atoms with van der Waals surface area (Å²) in [4.78, 5) is 14.6. The number of carbonyl (C=O) groups is 1. The topological polar surface area (TPSA) is 66.9 Å². The van der Waals surface area contributed by atoms with Gasteiger partial charge in [-0.1, -0.05) is 34.8 Å². The number of sulfonamides is 1. The van der Waals surface area contributed by atoms with E-state index in [4.69, 9.17) is 39.5 Å². The molecule has 0 fully saturated rings. The van der Waals surface area contributed by atoms with E-state index in [9.17, 15) is 13.2 Å². The van der Waals surface area contributed by atoms with Crippen LogP contribution in [0.4, 0.5) is 5.69 Å². The molecule has 0 aliphatic carbocycles. The summed E-state index contributed by atoms with van der Waals surface area (Å²) in [6, 6.07) is 7.71. The molecule has 0 atom stereocenters. The Labute approximate surface area is 185 Å². The lowest BCUT2D eigenvalue weighted by atomic mass is 10.0. The molecule has 1 amide bonds. The summed E-state index contributed by atoms with van der Waals surface area (Å²) in [5.41, 5.74) is 1.49. The number of halogens is 3. The zero-order valence-electron chi connectivity index (χ0n) is 15.8. The average molecular weight is 478 g/mol. The molecule has 2 aromatic carbocycles. The molecule has 0 unspecified atom stereocenters. The van der Waals surface area contributed by atoms with Crippen molar-refractivity contribution in [1.29, 1.82) is 0 Å². The minimum Gasteiger partial charge on any atom is -0.482 e. The van der Waals surface area contributed by atoms with Gasteiger partial charge in [0.15, 0.2) is 6.61 Å². The Morgan fingerprint density at radius 3 is 2.48 bits per heavy atom. The summed E-state index contributed by atoms with van der Waals surface area (Å²) in [5.74, 6) is -0.00428. The second-order valence-electron chi connectivity index (χ2n) is 6.71. The Morgan fingerprint density at radius 2 is 1.79 bits per heavy atom. The second-order valence-corrected chi connectivity index (χ2v) is 10.1. The predicted octanol–water partition coefficient (Wildman–Crippen LogP) is 4.26. The van der Waals surface area contributed by atoms with Crippen molar-refractivity contribution < 1.29 is 17.9 Å². The van der Waals surface area contributed by atoms with Gasteiger partial charge in [0.25, 0.3) is 5.91 Å². The highest BCUT2D eigenvalue weighted by molar-refractivity contribution is 7.89. The van der Waals surface area contributed by atoms with E-state index in [2.05, 4.69) is 0 Å². The number of ether oxygens (including phenoxy) is 1. The molecule has 0 bridgehead atoms. The number of rotatable bonds is 5. The van der Waals surface area contributed by atoms with Crippen LogP contribution >= 0.6 is 34.8 Å². The lowest BCUT2D eigenvalue weighted by molar-refractivity contribution is -0.120. The lowest BCUT2D eigenvalue weighted by Gasteiger charge is -2.30. The van der Waals surface area contributed by atoms with Gasteiger partial charge in [0, 0.05) is 32.4 Å². The molecule has 0 aromatic heterocycles. The number of hydrogen-bond acceptors (Lipinski definition) is 4. The Hall–Kier alpha value is -1.51. The Morgan fingerprint density at radius 1 is 1.10 bits per heavy atom. The molecule has 1 heterocycles. The van der Waals surface area contributed by atoms with Crippen molar-refractivity contribution in [1.82, 2.24) is 4.31 Å². The molecule has 0 saturated heterocycles. The van der Waals surface area contributed by atoms with Crippen molar-refractivity contribution in [3.8, 4) is 5.75 Å². The summed E-state index contributed by atoms with van der Waals surface area (Å²) in [6.45, 7) is 0.277. The second kappa shape index (κ2) is 8.70. The summed E-state index contributed by atoms with van der Waals surface area (Å²) >= 11 is 18.0. The van der Waals surface area contributed by atoms with Crippen LogP contribution in [-0.2, 0) is 21.2 Å². The van der Waals surface area contributed by atoms with Gasteiger partial charge in [-0.25, -0.2) is 12.7 Å². The Balaban J connectivity index is 1.80. The number of amides is 1. The highest BCUT2D eigenvalue weighted by Crippen LogP contribution is 2.34. The fourth-order valence-corrected chi connectivity index (χ4v) is 4.58. The first kappa shape index (κ1) is 22.2. The van der Waals surface area contributed by atoms with Crippen molar-refractivity contribution in [2.24, 2.45) is 0 Å². The van der Waals surface area contributed by atoms with E-state index < -0.39 is 10.0 Å². The Kier molecular flexibility index (Phi) is 6.65. The maximum Gasteiger partial charge on any atom is 0.264 e. The van der Waals surface area contributed by atoms with Gasteiger partial charge in [-0.2, -0.15) is 0 Å². The molecular formula is C19H19Cl3N2O4S. The van der Waals surface area contributed by atoms with E-state index in [0.717, 1.165) is 16.3 Å². The van der Waals surface area contributed by atoms with E-state index in [1.807, 2.05) is 0 Å². The molecule has 156 valence electrons. The van der Waals surface area contributed by atoms with Gasteiger partial charge in [0.05, 0.1) is 20.0 Å². The SMILES string of the molecule is CN(C)S(=O)(=O)c1ccc2c(c1)CCCN2C(=O)COc1cc(Cl)c(Cl)cc1Cl. The quantitative estimate of drug-likeness (QED) is 0.604. The third-order valence-corrected chi connectivity index (χ3v) is 7.40. The first-order chi connectivity index (χ1) is 13.6. The van der Waals surface area contributed by atoms with Crippen molar-refractivity contribution in [2.45, 2.75) is 17.7 Å². The standard InChI is InChI=1S/C19H19Cl3N2O4S/c1-23(2)29(26,27)13-5-6-17-12(8-13)4-3-7-24(17)19(25)11-28-18-10-15(21)14(20)9-16(18)22/h5-6,8-10H,3-4,7,11H2,1-2H3. The van der Waals surface area contributed by atoms with Gasteiger partial charge in [0.2, 0.25) is 10.0 Å². The number of nitrogens with zero attached hydrogens (tertiary/aromatic N) is 2. The monoisotopic (exact) mass is 476 g/mol. The maximum atomic E-state index is 12.8. The molecular weight excluding hydrogens is 459 g/mol. The third-order valence-electron chi connectivity index (χ3n) is 4.58. The van der Waals surface area contributed by atoms with E-state index in [0.29, 0.717) is 23.7 Å². The van der Waals surface area contributed by atoms with Gasteiger partial charge in [0.1, 0.15) is 5.75 Å². The van der Waals surface area contributed by atoms with Gasteiger partial charge in [-0.3, -0.25) is 4.79 Å². The zero-order valence-corrected chi connectivity index (χ0v) is 18.9. The smallest absolute Gasteiger partial charge is 0.264 e. The minimum atomic E-state index is -3.54. The summed E-state index contributed by atoms with van der Waals surface area (Å²) < 4.78 is 31.4. The number of aryl methyl sites for hydroxylation is 1. The van der Waals surface area contributed by atoms with Crippen LogP contribution in [0.1, 0.15) is 12.0 Å². The molecule has 10 heteroatoms. The van der Waals surface area contributed by atoms with Gasteiger partial charge in [-0.15, -0.1) is 0 Å². The zero-order chi connectivity index (χ0) is 21.3. The maximum absolute atomic E-state index is 12.8. The first-order valence-electron chi connectivity index (χ1n) is 8.74. The van der Waals surface area contributed by atoms with Crippen molar-refractivity contribution in [3.05, 3.63) is 51.0 Å². The van der Waals surface area contributed by atoms with Crippen LogP contribution < -0.4 is 9.64 Å². The van der Waals surface area contributed by atoms with E-state index in [-0.39, 0.29) is 33.2 Å². The van der Waals surface area contributed by atoms with Gasteiger partial charge < -0.3 is 9.64 Å². The van der Waals surface area contributed by atoms with Crippen LogP contribution in [0.5, 0.6) is 5.75 Å². The molecule has 29 heavy (non-hydrogen) atoms. The van der Waals surface area contributed by atoms with Crippen LogP contribution in [0.25, 0.3) is 0 Å². The van der Waals surface area contributed by atoms with E-state index in [1.165, 1.54) is 32.3 Å². The molecule has 0 saturated carbocycles. The fourth-order valence-electron chi connectivity index (χ4n) is 3.04. The fraction of sp³-hybridized carbons (Fsp3) is 0.316. The van der Waals surface area contributed by atoms with Crippen LogP contribution in [0, 0.1) is 0 Å². The number of anilines is 1. The summed E-state index contributed by atoms with van der Waals surface area (Å²) in [5, 5.41) is 0.824. The molecule has 6 nitrogen and oxygen atoms in total. The third kappa shape index (κ3) is 4.64. The van der Waals surface area contributed by atoms with Crippen LogP contribution in [0.2, 0.25) is 15.1 Å². The number of hydrogen-bond donors (Lipinski definition) is 0.